The summed E-state index contributed by atoms with van der Waals surface area (Å²) >= 11 is 0. The van der Waals surface area contributed by atoms with Gasteiger partial charge in [0, 0.05) is 13.6 Å². The van der Waals surface area contributed by atoms with Crippen LogP contribution < -0.4 is 10.3 Å². The number of rotatable bonds is 6. The van der Waals surface area contributed by atoms with Crippen LogP contribution in [0.2, 0.25) is 0 Å². The van der Waals surface area contributed by atoms with Crippen molar-refractivity contribution >= 4 is 32.7 Å². The number of aromatic nitrogens is 4. The number of carbonyl (C=O) groups is 1. The Hall–Kier alpha value is -3.57. The quantitative estimate of drug-likeness (QED) is 0.446. The Labute approximate surface area is 177 Å². The number of esters is 1. The molecule has 11 heteroatoms. The van der Waals surface area contributed by atoms with Gasteiger partial charge in [0.15, 0.2) is 12.4 Å². The molecule has 0 fully saturated rings. The summed E-state index contributed by atoms with van der Waals surface area (Å²) in [6, 6.07) is 12.6. The van der Waals surface area contributed by atoms with Crippen molar-refractivity contribution in [1.29, 1.82) is 0 Å². The molecule has 0 aliphatic rings. The van der Waals surface area contributed by atoms with Crippen molar-refractivity contribution in [2.75, 3.05) is 6.54 Å². The number of fused-ring (bicyclic) bond motifs is 3. The summed E-state index contributed by atoms with van der Waals surface area (Å²) in [6.07, 6.45) is 0. The molecule has 0 aliphatic carbocycles. The Kier molecular flexibility index (Phi) is 5.29. The maximum atomic E-state index is 12.5. The lowest BCUT2D eigenvalue weighted by atomic mass is 10.2. The van der Waals surface area contributed by atoms with E-state index in [-0.39, 0.29) is 29.2 Å². The molecule has 10 nitrogen and oxygen atoms in total. The second-order valence-corrected chi connectivity index (χ2v) is 8.51. The highest BCUT2D eigenvalue weighted by molar-refractivity contribution is 7.89. The highest BCUT2D eigenvalue weighted by atomic mass is 32.2. The number of para-hydroxylation sites is 1. The van der Waals surface area contributed by atoms with Crippen LogP contribution >= 0.6 is 0 Å². The summed E-state index contributed by atoms with van der Waals surface area (Å²) < 4.78 is 35.1. The molecule has 0 saturated heterocycles. The topological polar surface area (TPSA) is 125 Å². The number of benzene rings is 2. The van der Waals surface area contributed by atoms with Crippen molar-refractivity contribution in [3.8, 4) is 0 Å². The van der Waals surface area contributed by atoms with Gasteiger partial charge in [0.05, 0.1) is 21.4 Å². The number of aryl methyl sites for hydroxylation is 1. The monoisotopic (exact) mass is 441 g/mol. The third-order valence-electron chi connectivity index (χ3n) is 4.74. The first kappa shape index (κ1) is 20.7. The lowest BCUT2D eigenvalue weighted by molar-refractivity contribution is 0.0461. The van der Waals surface area contributed by atoms with Gasteiger partial charge in [-0.25, -0.2) is 17.9 Å². The Morgan fingerprint density at radius 2 is 1.90 bits per heavy atom. The maximum Gasteiger partial charge on any atom is 0.338 e. The van der Waals surface area contributed by atoms with Crippen LogP contribution in [0.15, 0.2) is 58.2 Å². The number of hydrogen-bond donors (Lipinski definition) is 1. The molecule has 0 saturated carbocycles. The second-order valence-electron chi connectivity index (χ2n) is 6.74. The SMILES string of the molecule is CCNS(=O)(=O)c1cccc(C(=O)OCc2nnc3n(C)c(=O)c4ccccc4n23)c1. The average molecular weight is 441 g/mol. The van der Waals surface area contributed by atoms with Gasteiger partial charge in [-0.15, -0.1) is 10.2 Å². The van der Waals surface area contributed by atoms with Crippen LogP contribution in [-0.2, 0) is 28.4 Å². The molecular formula is C20H19N5O5S. The Morgan fingerprint density at radius 3 is 2.68 bits per heavy atom. The molecule has 31 heavy (non-hydrogen) atoms. The third-order valence-corrected chi connectivity index (χ3v) is 6.28. The molecule has 4 aromatic rings. The van der Waals surface area contributed by atoms with E-state index in [1.807, 2.05) is 0 Å². The van der Waals surface area contributed by atoms with E-state index < -0.39 is 16.0 Å². The molecule has 1 N–H and O–H groups in total. The summed E-state index contributed by atoms with van der Waals surface area (Å²) in [5, 5.41) is 8.59. The van der Waals surface area contributed by atoms with Gasteiger partial charge in [0.2, 0.25) is 15.8 Å². The van der Waals surface area contributed by atoms with E-state index in [0.717, 1.165) is 0 Å². The normalized spacial score (nSPS) is 11.8. The van der Waals surface area contributed by atoms with Crippen LogP contribution in [0.25, 0.3) is 16.7 Å². The van der Waals surface area contributed by atoms with Gasteiger partial charge in [-0.1, -0.05) is 25.1 Å². The minimum Gasteiger partial charge on any atom is -0.454 e. The predicted octanol–water partition coefficient (Wildman–Crippen LogP) is 1.24. The first-order valence-electron chi connectivity index (χ1n) is 9.42. The van der Waals surface area contributed by atoms with Crippen molar-refractivity contribution in [2.45, 2.75) is 18.4 Å². The molecule has 0 unspecified atom stereocenters. The average Bonchev–Trinajstić information content (AvgIpc) is 3.20. The fourth-order valence-corrected chi connectivity index (χ4v) is 4.35. The Balaban J connectivity index is 1.65. The lowest BCUT2D eigenvalue weighted by Gasteiger charge is -2.09. The van der Waals surface area contributed by atoms with E-state index in [0.29, 0.717) is 22.5 Å². The van der Waals surface area contributed by atoms with Gasteiger partial charge >= 0.3 is 5.97 Å². The first-order chi connectivity index (χ1) is 14.8. The first-order valence-corrected chi connectivity index (χ1v) is 10.9. The highest BCUT2D eigenvalue weighted by Crippen LogP contribution is 2.16. The fourth-order valence-electron chi connectivity index (χ4n) is 3.26. The van der Waals surface area contributed by atoms with E-state index in [2.05, 4.69) is 14.9 Å². The highest BCUT2D eigenvalue weighted by Gasteiger charge is 2.18. The van der Waals surface area contributed by atoms with Gasteiger partial charge in [-0.05, 0) is 30.3 Å². The van der Waals surface area contributed by atoms with Crippen molar-refractivity contribution in [3.05, 3.63) is 70.3 Å². The molecule has 2 aromatic heterocycles. The molecule has 0 radical (unpaired) electrons. The molecule has 4 rings (SSSR count). The zero-order valence-electron chi connectivity index (χ0n) is 16.8. The fraction of sp³-hybridized carbons (Fsp3) is 0.200. The molecule has 2 heterocycles. The van der Waals surface area contributed by atoms with Crippen LogP contribution in [0.1, 0.15) is 23.1 Å². The van der Waals surface area contributed by atoms with Crippen LogP contribution in [-0.4, -0.2) is 40.1 Å². The summed E-state index contributed by atoms with van der Waals surface area (Å²) in [4.78, 5) is 25.0. The van der Waals surface area contributed by atoms with Crippen LogP contribution in [0.4, 0.5) is 0 Å². The molecule has 0 aliphatic heterocycles. The van der Waals surface area contributed by atoms with E-state index in [9.17, 15) is 18.0 Å². The summed E-state index contributed by atoms with van der Waals surface area (Å²) in [6.45, 7) is 1.68. The lowest BCUT2D eigenvalue weighted by Crippen LogP contribution is -2.23. The van der Waals surface area contributed by atoms with Gasteiger partial charge in [0.1, 0.15) is 0 Å². The predicted molar refractivity (Wildman–Crippen MR) is 112 cm³/mol. The van der Waals surface area contributed by atoms with E-state index in [4.69, 9.17) is 4.74 Å². The van der Waals surface area contributed by atoms with Crippen molar-refractivity contribution in [2.24, 2.45) is 7.05 Å². The number of nitrogens with zero attached hydrogens (tertiary/aromatic N) is 4. The van der Waals surface area contributed by atoms with Crippen molar-refractivity contribution < 1.29 is 17.9 Å². The minimum absolute atomic E-state index is 0.0299. The number of carbonyl (C=O) groups excluding carboxylic acids is 1. The van der Waals surface area contributed by atoms with Crippen LogP contribution in [0, 0.1) is 0 Å². The third kappa shape index (κ3) is 3.68. The van der Waals surface area contributed by atoms with Gasteiger partial charge in [-0.3, -0.25) is 13.8 Å². The van der Waals surface area contributed by atoms with Gasteiger partial charge in [0.25, 0.3) is 5.56 Å². The van der Waals surface area contributed by atoms with E-state index in [1.165, 1.54) is 28.8 Å². The van der Waals surface area contributed by atoms with Gasteiger partial charge in [-0.2, -0.15) is 0 Å². The number of ether oxygens (including phenoxy) is 1. The number of sulfonamides is 1. The summed E-state index contributed by atoms with van der Waals surface area (Å²) in [7, 11) is -2.11. The van der Waals surface area contributed by atoms with Crippen molar-refractivity contribution in [1.82, 2.24) is 23.9 Å². The molecule has 0 bridgehead atoms. The van der Waals surface area contributed by atoms with E-state index >= 15 is 0 Å². The van der Waals surface area contributed by atoms with Crippen molar-refractivity contribution in [3.63, 3.8) is 0 Å². The molecular weight excluding hydrogens is 422 g/mol. The molecule has 0 amide bonds. The number of nitrogens with one attached hydrogen (secondary N) is 1. The minimum atomic E-state index is -3.70. The second kappa shape index (κ2) is 7.93. The molecule has 0 atom stereocenters. The number of hydrogen-bond acceptors (Lipinski definition) is 7. The Bertz CT molecular complexity index is 1470. The standard InChI is InChI=1S/C20H19N5O5S/c1-3-21-31(28,29)14-8-6-7-13(11-14)19(27)30-12-17-22-23-20-24(2)18(26)15-9-4-5-10-16(15)25(17)20/h4-11,21H,3,12H2,1-2H3. The van der Waals surface area contributed by atoms with Crippen LogP contribution in [0.5, 0.6) is 0 Å². The van der Waals surface area contributed by atoms with E-state index in [1.54, 1.807) is 42.6 Å². The summed E-state index contributed by atoms with van der Waals surface area (Å²) in [5.74, 6) is -0.0699. The largest absolute Gasteiger partial charge is 0.454 e. The zero-order chi connectivity index (χ0) is 22.2. The molecule has 0 spiro atoms. The smallest absolute Gasteiger partial charge is 0.338 e. The van der Waals surface area contributed by atoms with Gasteiger partial charge < -0.3 is 4.74 Å². The summed E-state index contributed by atoms with van der Waals surface area (Å²) in [5.41, 5.74) is 0.471. The van der Waals surface area contributed by atoms with Crippen LogP contribution in [0.3, 0.4) is 0 Å². The zero-order valence-corrected chi connectivity index (χ0v) is 17.6. The molecule has 160 valence electrons. The molecule has 2 aromatic carbocycles. The Morgan fingerprint density at radius 1 is 1.13 bits per heavy atom. The maximum absolute atomic E-state index is 12.5.